The van der Waals surface area contributed by atoms with E-state index in [2.05, 4.69) is 39.9 Å². The predicted octanol–water partition coefficient (Wildman–Crippen LogP) is 0.514. The summed E-state index contributed by atoms with van der Waals surface area (Å²) in [4.78, 5) is 15.8. The summed E-state index contributed by atoms with van der Waals surface area (Å²) >= 11 is 0. The molecule has 1 unspecified atom stereocenters. The van der Waals surface area contributed by atoms with Gasteiger partial charge in [-0.05, 0) is 32.8 Å². The molecule has 0 bridgehead atoms. The van der Waals surface area contributed by atoms with E-state index in [1.54, 1.807) is 14.2 Å². The lowest BCUT2D eigenvalue weighted by molar-refractivity contribution is -0.120. The van der Waals surface area contributed by atoms with Gasteiger partial charge in [-0.3, -0.25) is 14.5 Å². The Kier molecular flexibility index (Phi) is 11.4. The highest BCUT2D eigenvalue weighted by Crippen LogP contribution is 2.13. The van der Waals surface area contributed by atoms with Gasteiger partial charge in [0.2, 0.25) is 5.91 Å². The molecule has 3 N–H and O–H groups in total. The number of halogens is 1. The first kappa shape index (κ1) is 23.6. The number of carbonyl (C=O) groups excluding carboxylic acids is 1. The highest BCUT2D eigenvalue weighted by atomic mass is 127. The lowest BCUT2D eigenvalue weighted by Gasteiger charge is -2.18. The Morgan fingerprint density at radius 2 is 2.04 bits per heavy atom. The number of nitrogens with one attached hydrogen (secondary N) is 3. The van der Waals surface area contributed by atoms with Gasteiger partial charge in [-0.15, -0.1) is 24.0 Å². The number of nitrogens with zero attached hydrogens (tertiary/aromatic N) is 3. The maximum atomic E-state index is 11.7. The Balaban J connectivity index is 0.00000576. The third-order valence-corrected chi connectivity index (χ3v) is 3.82. The van der Waals surface area contributed by atoms with Crippen LogP contribution in [0.5, 0.6) is 0 Å². The van der Waals surface area contributed by atoms with Gasteiger partial charge in [0.15, 0.2) is 5.96 Å². The molecule has 0 radical (unpaired) electrons. The summed E-state index contributed by atoms with van der Waals surface area (Å²) in [5.74, 6) is 0.505. The summed E-state index contributed by atoms with van der Waals surface area (Å²) in [6.07, 6.45) is 0.840. The van der Waals surface area contributed by atoms with Gasteiger partial charge in [0, 0.05) is 39.5 Å². The van der Waals surface area contributed by atoms with Crippen molar-refractivity contribution in [1.82, 2.24) is 25.7 Å². The SMILES string of the molecule is CN=C(NCC(=O)NCCOC)NC(C)Cc1c(C)nn(C)c1C.I. The number of aryl methyl sites for hydroxylation is 2. The molecule has 0 saturated heterocycles. The second-order valence-corrected chi connectivity index (χ2v) is 5.79. The van der Waals surface area contributed by atoms with Gasteiger partial charge in [0.25, 0.3) is 0 Å². The number of hydrogen-bond donors (Lipinski definition) is 3. The summed E-state index contributed by atoms with van der Waals surface area (Å²) in [6.45, 7) is 7.34. The van der Waals surface area contributed by atoms with Crippen LogP contribution in [-0.4, -0.2) is 61.5 Å². The van der Waals surface area contributed by atoms with Crippen LogP contribution >= 0.6 is 24.0 Å². The van der Waals surface area contributed by atoms with Gasteiger partial charge < -0.3 is 20.7 Å². The Bertz CT molecular complexity index is 573. The van der Waals surface area contributed by atoms with Crippen molar-refractivity contribution >= 4 is 35.8 Å². The number of methoxy groups -OCH3 is 1. The van der Waals surface area contributed by atoms with Crippen LogP contribution < -0.4 is 16.0 Å². The summed E-state index contributed by atoms with van der Waals surface area (Å²) in [5.41, 5.74) is 3.45. The van der Waals surface area contributed by atoms with Gasteiger partial charge in [-0.25, -0.2) is 0 Å². The molecule has 1 amide bonds. The minimum absolute atomic E-state index is 0. The van der Waals surface area contributed by atoms with Crippen LogP contribution in [0.4, 0.5) is 0 Å². The van der Waals surface area contributed by atoms with E-state index in [0.29, 0.717) is 19.1 Å². The van der Waals surface area contributed by atoms with Gasteiger partial charge in [0.1, 0.15) is 0 Å². The Labute approximate surface area is 167 Å². The van der Waals surface area contributed by atoms with Crippen LogP contribution in [0.15, 0.2) is 4.99 Å². The quantitative estimate of drug-likeness (QED) is 0.225. The third-order valence-electron chi connectivity index (χ3n) is 3.82. The molecule has 9 heteroatoms. The van der Waals surface area contributed by atoms with Gasteiger partial charge >= 0.3 is 0 Å². The molecule has 0 spiro atoms. The molecule has 0 saturated carbocycles. The fraction of sp³-hybridized carbons (Fsp3) is 0.688. The minimum Gasteiger partial charge on any atom is -0.383 e. The van der Waals surface area contributed by atoms with E-state index in [4.69, 9.17) is 4.74 Å². The average molecular weight is 466 g/mol. The van der Waals surface area contributed by atoms with Crippen LogP contribution in [0.3, 0.4) is 0 Å². The summed E-state index contributed by atoms with van der Waals surface area (Å²) in [5, 5.41) is 13.5. The first-order valence-electron chi connectivity index (χ1n) is 8.10. The summed E-state index contributed by atoms with van der Waals surface area (Å²) in [7, 11) is 5.24. The fourth-order valence-corrected chi connectivity index (χ4v) is 2.42. The van der Waals surface area contributed by atoms with E-state index in [9.17, 15) is 4.79 Å². The Morgan fingerprint density at radius 1 is 1.36 bits per heavy atom. The van der Waals surface area contributed by atoms with Gasteiger partial charge in [0.05, 0.1) is 18.8 Å². The van der Waals surface area contributed by atoms with E-state index in [-0.39, 0.29) is 42.5 Å². The highest BCUT2D eigenvalue weighted by Gasteiger charge is 2.14. The first-order valence-corrected chi connectivity index (χ1v) is 8.10. The minimum atomic E-state index is -0.0957. The van der Waals surface area contributed by atoms with Crippen LogP contribution in [0.1, 0.15) is 23.9 Å². The van der Waals surface area contributed by atoms with Crippen molar-refractivity contribution < 1.29 is 9.53 Å². The smallest absolute Gasteiger partial charge is 0.239 e. The number of aliphatic imine (C=N–C) groups is 1. The molecule has 25 heavy (non-hydrogen) atoms. The topological polar surface area (TPSA) is 92.6 Å². The predicted molar refractivity (Wildman–Crippen MR) is 111 cm³/mol. The average Bonchev–Trinajstić information content (AvgIpc) is 2.78. The monoisotopic (exact) mass is 466 g/mol. The number of hydrogen-bond acceptors (Lipinski definition) is 4. The second-order valence-electron chi connectivity index (χ2n) is 5.79. The van der Waals surface area contributed by atoms with Crippen molar-refractivity contribution in [2.75, 3.05) is 33.9 Å². The zero-order valence-corrected chi connectivity index (χ0v) is 18.3. The van der Waals surface area contributed by atoms with Gasteiger partial charge in [-0.1, -0.05) is 0 Å². The molecule has 0 aliphatic heterocycles. The summed E-state index contributed by atoms with van der Waals surface area (Å²) < 4.78 is 6.79. The number of rotatable bonds is 8. The Hall–Kier alpha value is -1.36. The molecule has 144 valence electrons. The van der Waals surface area contributed by atoms with E-state index >= 15 is 0 Å². The molecule has 0 fully saturated rings. The van der Waals surface area contributed by atoms with Gasteiger partial charge in [-0.2, -0.15) is 5.10 Å². The third kappa shape index (κ3) is 8.04. The molecule has 1 heterocycles. The zero-order chi connectivity index (χ0) is 18.1. The molecule has 1 aromatic rings. The first-order chi connectivity index (χ1) is 11.4. The van der Waals surface area contributed by atoms with E-state index in [1.165, 1.54) is 11.3 Å². The van der Waals surface area contributed by atoms with Crippen LogP contribution in [0.2, 0.25) is 0 Å². The van der Waals surface area contributed by atoms with E-state index in [1.807, 2.05) is 18.7 Å². The Morgan fingerprint density at radius 3 is 2.56 bits per heavy atom. The molecular formula is C16H31IN6O2. The van der Waals surface area contributed by atoms with Crippen LogP contribution in [-0.2, 0) is 23.0 Å². The standard InChI is InChI=1S/C16H30N6O2.HI/c1-11(9-14-12(2)21-22(5)13(14)3)20-16(17-4)19-10-15(23)18-7-8-24-6;/h11H,7-10H2,1-6H3,(H,18,23)(H2,17,19,20);1H. The molecular weight excluding hydrogens is 435 g/mol. The van der Waals surface area contributed by atoms with E-state index < -0.39 is 0 Å². The lowest BCUT2D eigenvalue weighted by atomic mass is 10.1. The molecule has 0 aromatic carbocycles. The maximum Gasteiger partial charge on any atom is 0.239 e. The van der Waals surface area contributed by atoms with E-state index in [0.717, 1.165) is 12.1 Å². The number of amides is 1. The number of guanidine groups is 1. The number of aromatic nitrogens is 2. The normalized spacial score (nSPS) is 12.3. The number of ether oxygens (including phenoxy) is 1. The van der Waals surface area contributed by atoms with Crippen molar-refractivity contribution in [3.05, 3.63) is 17.0 Å². The zero-order valence-electron chi connectivity index (χ0n) is 16.0. The lowest BCUT2D eigenvalue weighted by Crippen LogP contribution is -2.46. The van der Waals surface area contributed by atoms with Crippen molar-refractivity contribution in [2.45, 2.75) is 33.2 Å². The highest BCUT2D eigenvalue weighted by molar-refractivity contribution is 14.0. The molecule has 1 aromatic heterocycles. The molecule has 0 aliphatic carbocycles. The number of carbonyl (C=O) groups is 1. The van der Waals surface area contributed by atoms with Crippen LogP contribution in [0.25, 0.3) is 0 Å². The largest absolute Gasteiger partial charge is 0.383 e. The second kappa shape index (κ2) is 12.1. The molecule has 1 atom stereocenters. The molecule has 1 rings (SSSR count). The summed E-state index contributed by atoms with van der Waals surface area (Å²) in [6, 6.07) is 0.161. The van der Waals surface area contributed by atoms with Crippen molar-refractivity contribution in [1.29, 1.82) is 0 Å². The molecule has 0 aliphatic rings. The van der Waals surface area contributed by atoms with Crippen molar-refractivity contribution in [3.8, 4) is 0 Å². The molecule has 8 nitrogen and oxygen atoms in total. The van der Waals surface area contributed by atoms with Crippen LogP contribution in [0, 0.1) is 13.8 Å². The fourth-order valence-electron chi connectivity index (χ4n) is 2.42. The van der Waals surface area contributed by atoms with Crippen molar-refractivity contribution in [3.63, 3.8) is 0 Å². The van der Waals surface area contributed by atoms with Crippen molar-refractivity contribution in [2.24, 2.45) is 12.0 Å². The maximum absolute atomic E-state index is 11.7.